The molecular weight excluding hydrogens is 268 g/mol. The first-order valence-electron chi connectivity index (χ1n) is 6.35. The van der Waals surface area contributed by atoms with Gasteiger partial charge in [0.05, 0.1) is 23.0 Å². The van der Waals surface area contributed by atoms with Crippen LogP contribution in [0.3, 0.4) is 0 Å². The van der Waals surface area contributed by atoms with E-state index in [0.29, 0.717) is 13.1 Å². The minimum Gasteiger partial charge on any atom is -0.478 e. The fourth-order valence-corrected chi connectivity index (χ4v) is 2.59. The molecular formula is C14H17F2NO3. The second-order valence-corrected chi connectivity index (χ2v) is 5.63. The molecule has 1 aromatic rings. The molecule has 1 heterocycles. The zero-order valence-electron chi connectivity index (χ0n) is 11.6. The molecule has 1 aromatic carbocycles. The summed E-state index contributed by atoms with van der Waals surface area (Å²) in [5, 5.41) is 8.78. The molecule has 1 fully saturated rings. The minimum atomic E-state index is -1.48. The number of hydrogen-bond donors (Lipinski definition) is 1. The fourth-order valence-electron chi connectivity index (χ4n) is 2.59. The molecule has 0 bridgehead atoms. The SMILES string of the molecule is CC1CN(c2ccc(C(=O)O)c(F)c2F)CC(C)(C)O1. The van der Waals surface area contributed by atoms with Gasteiger partial charge in [-0.1, -0.05) is 0 Å². The van der Waals surface area contributed by atoms with E-state index in [2.05, 4.69) is 0 Å². The van der Waals surface area contributed by atoms with E-state index in [4.69, 9.17) is 9.84 Å². The fraction of sp³-hybridized carbons (Fsp3) is 0.500. The lowest BCUT2D eigenvalue weighted by Crippen LogP contribution is -2.52. The molecule has 1 saturated heterocycles. The number of aromatic carboxylic acids is 1. The van der Waals surface area contributed by atoms with Crippen molar-refractivity contribution in [2.45, 2.75) is 32.5 Å². The number of nitrogens with zero attached hydrogens (tertiary/aromatic N) is 1. The second kappa shape index (κ2) is 5.01. The van der Waals surface area contributed by atoms with Crippen molar-refractivity contribution in [3.8, 4) is 0 Å². The van der Waals surface area contributed by atoms with E-state index in [0.717, 1.165) is 6.07 Å². The molecule has 20 heavy (non-hydrogen) atoms. The van der Waals surface area contributed by atoms with Crippen molar-refractivity contribution in [1.82, 2.24) is 0 Å². The number of carboxylic acids is 1. The molecule has 1 aliphatic heterocycles. The number of carbonyl (C=O) groups is 1. The van der Waals surface area contributed by atoms with Gasteiger partial charge in [0.15, 0.2) is 11.6 Å². The Morgan fingerprint density at radius 1 is 1.40 bits per heavy atom. The number of halogens is 2. The number of ether oxygens (including phenoxy) is 1. The van der Waals surface area contributed by atoms with Crippen molar-refractivity contribution < 1.29 is 23.4 Å². The first kappa shape index (κ1) is 14.7. The third-order valence-corrected chi connectivity index (χ3v) is 3.20. The lowest BCUT2D eigenvalue weighted by molar-refractivity contribution is -0.0751. The zero-order valence-corrected chi connectivity index (χ0v) is 11.6. The third-order valence-electron chi connectivity index (χ3n) is 3.20. The van der Waals surface area contributed by atoms with Gasteiger partial charge in [-0.25, -0.2) is 13.6 Å². The van der Waals surface area contributed by atoms with Crippen molar-refractivity contribution >= 4 is 11.7 Å². The van der Waals surface area contributed by atoms with Gasteiger partial charge in [0.2, 0.25) is 0 Å². The van der Waals surface area contributed by atoms with Gasteiger partial charge in [0.1, 0.15) is 0 Å². The van der Waals surface area contributed by atoms with Crippen LogP contribution in [0.5, 0.6) is 0 Å². The highest BCUT2D eigenvalue weighted by Crippen LogP contribution is 2.30. The molecule has 4 nitrogen and oxygen atoms in total. The van der Waals surface area contributed by atoms with E-state index < -0.39 is 28.8 Å². The van der Waals surface area contributed by atoms with Gasteiger partial charge in [-0.3, -0.25) is 0 Å². The van der Waals surface area contributed by atoms with E-state index in [1.165, 1.54) is 6.07 Å². The second-order valence-electron chi connectivity index (χ2n) is 5.63. The van der Waals surface area contributed by atoms with Crippen LogP contribution < -0.4 is 4.90 Å². The Hall–Kier alpha value is -1.69. The highest BCUT2D eigenvalue weighted by atomic mass is 19.2. The third kappa shape index (κ3) is 2.75. The predicted molar refractivity (Wildman–Crippen MR) is 70.2 cm³/mol. The minimum absolute atomic E-state index is 0.0655. The van der Waals surface area contributed by atoms with Crippen molar-refractivity contribution in [2.24, 2.45) is 0 Å². The molecule has 110 valence electrons. The maximum atomic E-state index is 14.1. The first-order valence-corrected chi connectivity index (χ1v) is 6.35. The van der Waals surface area contributed by atoms with Crippen LogP contribution >= 0.6 is 0 Å². The highest BCUT2D eigenvalue weighted by molar-refractivity contribution is 5.88. The Balaban J connectivity index is 2.38. The molecule has 0 saturated carbocycles. The number of benzene rings is 1. The van der Waals surface area contributed by atoms with Crippen molar-refractivity contribution in [2.75, 3.05) is 18.0 Å². The summed E-state index contributed by atoms with van der Waals surface area (Å²) >= 11 is 0. The van der Waals surface area contributed by atoms with Gasteiger partial charge in [-0.2, -0.15) is 0 Å². The van der Waals surface area contributed by atoms with E-state index >= 15 is 0 Å². The standard InChI is InChI=1S/C14H17F2NO3/c1-8-6-17(7-14(2,3)20-8)10-5-4-9(13(18)19)11(15)12(10)16/h4-5,8H,6-7H2,1-3H3,(H,18,19). The van der Waals surface area contributed by atoms with Crippen LogP contribution in [-0.4, -0.2) is 35.9 Å². The zero-order chi connectivity index (χ0) is 15.1. The number of hydrogen-bond acceptors (Lipinski definition) is 3. The van der Waals surface area contributed by atoms with Gasteiger partial charge in [0, 0.05) is 13.1 Å². The van der Waals surface area contributed by atoms with Gasteiger partial charge >= 0.3 is 5.97 Å². The molecule has 0 aromatic heterocycles. The lowest BCUT2D eigenvalue weighted by atomic mass is 10.0. The Labute approximate surface area is 116 Å². The van der Waals surface area contributed by atoms with E-state index in [1.807, 2.05) is 20.8 Å². The molecule has 0 aliphatic carbocycles. The van der Waals surface area contributed by atoms with Crippen LogP contribution in [-0.2, 0) is 4.74 Å². The topological polar surface area (TPSA) is 49.8 Å². The molecule has 0 radical (unpaired) electrons. The van der Waals surface area contributed by atoms with Crippen LogP contribution in [0.25, 0.3) is 0 Å². The quantitative estimate of drug-likeness (QED) is 0.907. The van der Waals surface area contributed by atoms with Crippen LogP contribution in [0.2, 0.25) is 0 Å². The maximum absolute atomic E-state index is 14.1. The van der Waals surface area contributed by atoms with E-state index in [1.54, 1.807) is 4.90 Å². The molecule has 1 aliphatic rings. The number of anilines is 1. The summed E-state index contributed by atoms with van der Waals surface area (Å²) in [5.41, 5.74) is -1.07. The Morgan fingerprint density at radius 3 is 2.60 bits per heavy atom. The summed E-state index contributed by atoms with van der Waals surface area (Å²) in [4.78, 5) is 12.5. The van der Waals surface area contributed by atoms with Crippen LogP contribution in [0.4, 0.5) is 14.5 Å². The Kier molecular flexibility index (Phi) is 3.69. The number of morpholine rings is 1. The summed E-state index contributed by atoms with van der Waals surface area (Å²) in [6, 6.07) is 2.39. The monoisotopic (exact) mass is 285 g/mol. The summed E-state index contributed by atoms with van der Waals surface area (Å²) in [7, 11) is 0. The molecule has 1 N–H and O–H groups in total. The summed E-state index contributed by atoms with van der Waals surface area (Å²) in [6.07, 6.45) is -0.125. The molecule has 2 rings (SSSR count). The van der Waals surface area contributed by atoms with Gasteiger partial charge in [0.25, 0.3) is 0 Å². The summed E-state index contributed by atoms with van der Waals surface area (Å²) < 4.78 is 33.5. The smallest absolute Gasteiger partial charge is 0.338 e. The number of rotatable bonds is 2. The van der Waals surface area contributed by atoms with Crippen molar-refractivity contribution in [3.05, 3.63) is 29.3 Å². The maximum Gasteiger partial charge on any atom is 0.338 e. The van der Waals surface area contributed by atoms with E-state index in [-0.39, 0.29) is 11.8 Å². The average molecular weight is 285 g/mol. The average Bonchev–Trinajstić information content (AvgIpc) is 2.29. The predicted octanol–water partition coefficient (Wildman–Crippen LogP) is 2.67. The molecule has 0 amide bonds. The van der Waals surface area contributed by atoms with Crippen molar-refractivity contribution in [3.63, 3.8) is 0 Å². The largest absolute Gasteiger partial charge is 0.478 e. The van der Waals surface area contributed by atoms with Crippen LogP contribution in [0.15, 0.2) is 12.1 Å². The van der Waals surface area contributed by atoms with Gasteiger partial charge in [-0.15, -0.1) is 0 Å². The van der Waals surface area contributed by atoms with Crippen molar-refractivity contribution in [1.29, 1.82) is 0 Å². The first-order chi connectivity index (χ1) is 9.21. The molecule has 0 spiro atoms. The normalized spacial score (nSPS) is 21.9. The van der Waals surface area contributed by atoms with Crippen LogP contribution in [0, 0.1) is 11.6 Å². The summed E-state index contributed by atoms with van der Waals surface area (Å²) in [5.74, 6) is -3.94. The summed E-state index contributed by atoms with van der Waals surface area (Å²) in [6.45, 7) is 6.42. The van der Waals surface area contributed by atoms with E-state index in [9.17, 15) is 13.6 Å². The van der Waals surface area contributed by atoms with Gasteiger partial charge in [-0.05, 0) is 32.9 Å². The highest BCUT2D eigenvalue weighted by Gasteiger charge is 2.33. The van der Waals surface area contributed by atoms with Crippen LogP contribution in [0.1, 0.15) is 31.1 Å². The number of carboxylic acid groups (broad SMARTS) is 1. The van der Waals surface area contributed by atoms with Gasteiger partial charge < -0.3 is 14.7 Å². The molecule has 1 unspecified atom stereocenters. The lowest BCUT2D eigenvalue weighted by Gasteiger charge is -2.43. The Bertz CT molecular complexity index is 545. The molecule has 6 heteroatoms. The Morgan fingerprint density at radius 2 is 2.05 bits per heavy atom. The molecule has 1 atom stereocenters.